The first kappa shape index (κ1) is 17.3. The van der Waals surface area contributed by atoms with E-state index in [-0.39, 0.29) is 6.04 Å². The monoisotopic (exact) mass is 331 g/mol. The molecule has 0 spiro atoms. The van der Waals surface area contributed by atoms with Gasteiger partial charge in [-0.15, -0.1) is 0 Å². The molecular formula is C19H29N3O2. The Hall–Kier alpha value is -1.49. The van der Waals surface area contributed by atoms with Gasteiger partial charge in [0.1, 0.15) is 0 Å². The fourth-order valence-electron chi connectivity index (χ4n) is 3.96. The van der Waals surface area contributed by atoms with Crippen LogP contribution < -0.4 is 0 Å². The number of amides is 1. The molecule has 3 rings (SSSR count). The second-order valence-corrected chi connectivity index (χ2v) is 7.15. The molecule has 1 atom stereocenters. The van der Waals surface area contributed by atoms with Gasteiger partial charge in [-0.25, -0.2) is 0 Å². The summed E-state index contributed by atoms with van der Waals surface area (Å²) in [6, 6.07) is 0.177. The molecule has 0 aromatic carbocycles. The molecule has 0 unspecified atom stereocenters. The number of ether oxygens (including phenoxy) is 1. The molecule has 1 saturated heterocycles. The van der Waals surface area contributed by atoms with Crippen LogP contribution in [0.25, 0.3) is 0 Å². The molecule has 1 aromatic rings. The predicted octanol–water partition coefficient (Wildman–Crippen LogP) is 2.92. The van der Waals surface area contributed by atoms with Crippen molar-refractivity contribution in [1.29, 1.82) is 0 Å². The summed E-state index contributed by atoms with van der Waals surface area (Å²) >= 11 is 0. The van der Waals surface area contributed by atoms with Gasteiger partial charge in [-0.1, -0.05) is 19.3 Å². The van der Waals surface area contributed by atoms with Crippen LogP contribution in [0, 0.1) is 12.8 Å². The van der Waals surface area contributed by atoms with E-state index in [1.54, 1.807) is 12.4 Å². The zero-order valence-corrected chi connectivity index (χ0v) is 14.7. The van der Waals surface area contributed by atoms with Crippen LogP contribution in [0.15, 0.2) is 12.4 Å². The molecule has 2 fully saturated rings. The van der Waals surface area contributed by atoms with Crippen molar-refractivity contribution in [3.8, 4) is 0 Å². The number of carbonyl (C=O) groups is 1. The molecule has 1 aliphatic heterocycles. The van der Waals surface area contributed by atoms with Gasteiger partial charge < -0.3 is 9.64 Å². The average Bonchev–Trinajstić information content (AvgIpc) is 2.62. The van der Waals surface area contributed by atoms with E-state index in [4.69, 9.17) is 4.74 Å². The topological polar surface area (TPSA) is 55.3 Å². The van der Waals surface area contributed by atoms with Crippen LogP contribution in [0.1, 0.15) is 56.3 Å². The van der Waals surface area contributed by atoms with Crippen molar-refractivity contribution in [2.24, 2.45) is 5.92 Å². The number of aryl methyl sites for hydroxylation is 2. The summed E-state index contributed by atoms with van der Waals surface area (Å²) in [6.45, 7) is 4.04. The summed E-state index contributed by atoms with van der Waals surface area (Å²) in [5, 5.41) is 0. The van der Waals surface area contributed by atoms with Gasteiger partial charge in [0.2, 0.25) is 5.91 Å². The molecule has 0 bridgehead atoms. The van der Waals surface area contributed by atoms with E-state index in [2.05, 4.69) is 14.9 Å². The molecule has 1 aromatic heterocycles. The van der Waals surface area contributed by atoms with Gasteiger partial charge in [-0.05, 0) is 38.5 Å². The van der Waals surface area contributed by atoms with Gasteiger partial charge >= 0.3 is 0 Å². The van der Waals surface area contributed by atoms with E-state index in [9.17, 15) is 4.79 Å². The number of carbonyl (C=O) groups excluding carboxylic acids is 1. The predicted molar refractivity (Wildman–Crippen MR) is 92.6 cm³/mol. The quantitative estimate of drug-likeness (QED) is 0.832. The smallest absolute Gasteiger partial charge is 0.223 e. The molecule has 2 heterocycles. The highest BCUT2D eigenvalue weighted by molar-refractivity contribution is 5.77. The van der Waals surface area contributed by atoms with Gasteiger partial charge in [0.05, 0.1) is 30.6 Å². The van der Waals surface area contributed by atoms with Crippen LogP contribution in [0.2, 0.25) is 0 Å². The maximum absolute atomic E-state index is 12.8. The van der Waals surface area contributed by atoms with Crippen LogP contribution >= 0.6 is 0 Å². The Kier molecular flexibility index (Phi) is 6.18. The maximum Gasteiger partial charge on any atom is 0.223 e. The molecule has 5 heteroatoms. The second-order valence-electron chi connectivity index (χ2n) is 7.15. The summed E-state index contributed by atoms with van der Waals surface area (Å²) in [5.41, 5.74) is 2.01. The molecule has 0 radical (unpaired) electrons. The van der Waals surface area contributed by atoms with Crippen LogP contribution in [0.5, 0.6) is 0 Å². The lowest BCUT2D eigenvalue weighted by Crippen LogP contribution is -2.49. The van der Waals surface area contributed by atoms with Gasteiger partial charge in [0.25, 0.3) is 0 Å². The normalized spacial score (nSPS) is 22.5. The van der Waals surface area contributed by atoms with E-state index >= 15 is 0 Å². The van der Waals surface area contributed by atoms with Crippen molar-refractivity contribution in [2.75, 3.05) is 19.8 Å². The first-order valence-corrected chi connectivity index (χ1v) is 9.37. The van der Waals surface area contributed by atoms with Crippen molar-refractivity contribution in [1.82, 2.24) is 14.9 Å². The Morgan fingerprint density at radius 2 is 2.04 bits per heavy atom. The summed E-state index contributed by atoms with van der Waals surface area (Å²) in [6.07, 6.45) is 12.3. The highest BCUT2D eigenvalue weighted by Crippen LogP contribution is 2.27. The lowest BCUT2D eigenvalue weighted by atomic mass is 9.86. The molecule has 5 nitrogen and oxygen atoms in total. The number of aromatic nitrogens is 2. The molecule has 132 valence electrons. The number of hydrogen-bond acceptors (Lipinski definition) is 4. The lowest BCUT2D eigenvalue weighted by molar-refractivity contribution is -0.141. The van der Waals surface area contributed by atoms with Crippen molar-refractivity contribution in [3.05, 3.63) is 23.8 Å². The minimum atomic E-state index is 0.177. The lowest BCUT2D eigenvalue weighted by Gasteiger charge is -2.37. The highest BCUT2D eigenvalue weighted by Gasteiger charge is 2.29. The third-order valence-electron chi connectivity index (χ3n) is 5.43. The number of hydrogen-bond donors (Lipinski definition) is 0. The fraction of sp³-hybridized carbons (Fsp3) is 0.737. The minimum Gasteiger partial charge on any atom is -0.377 e. The van der Waals surface area contributed by atoms with Crippen LogP contribution in [0.4, 0.5) is 0 Å². The molecule has 1 aliphatic carbocycles. The van der Waals surface area contributed by atoms with Gasteiger partial charge in [0, 0.05) is 25.4 Å². The molecule has 1 amide bonds. The Bertz CT molecular complexity index is 543. The van der Waals surface area contributed by atoms with E-state index in [0.29, 0.717) is 25.0 Å². The largest absolute Gasteiger partial charge is 0.377 e. The number of nitrogens with zero attached hydrogens (tertiary/aromatic N) is 3. The second kappa shape index (κ2) is 8.56. The van der Waals surface area contributed by atoms with Crippen LogP contribution in [-0.2, 0) is 16.0 Å². The highest BCUT2D eigenvalue weighted by atomic mass is 16.5. The Morgan fingerprint density at radius 1 is 1.25 bits per heavy atom. The Labute approximate surface area is 144 Å². The molecule has 1 saturated carbocycles. The van der Waals surface area contributed by atoms with Crippen LogP contribution in [-0.4, -0.2) is 46.6 Å². The third-order valence-corrected chi connectivity index (χ3v) is 5.43. The van der Waals surface area contributed by atoms with Gasteiger partial charge in [-0.3, -0.25) is 14.8 Å². The molecule has 0 N–H and O–H groups in total. The zero-order chi connectivity index (χ0) is 16.8. The summed E-state index contributed by atoms with van der Waals surface area (Å²) in [5.74, 6) is 0.919. The third kappa shape index (κ3) is 4.53. The molecular weight excluding hydrogens is 302 g/mol. The Balaban J connectivity index is 1.56. The Morgan fingerprint density at radius 3 is 2.83 bits per heavy atom. The summed E-state index contributed by atoms with van der Waals surface area (Å²) in [7, 11) is 0. The maximum atomic E-state index is 12.8. The van der Waals surface area contributed by atoms with Crippen molar-refractivity contribution < 1.29 is 9.53 Å². The van der Waals surface area contributed by atoms with Gasteiger partial charge in [-0.2, -0.15) is 0 Å². The van der Waals surface area contributed by atoms with E-state index in [0.717, 1.165) is 37.2 Å². The summed E-state index contributed by atoms with van der Waals surface area (Å²) in [4.78, 5) is 23.6. The fourth-order valence-corrected chi connectivity index (χ4v) is 3.96. The van der Waals surface area contributed by atoms with Crippen molar-refractivity contribution in [2.45, 2.75) is 64.3 Å². The van der Waals surface area contributed by atoms with Crippen molar-refractivity contribution >= 4 is 5.91 Å². The van der Waals surface area contributed by atoms with Crippen LogP contribution in [0.3, 0.4) is 0 Å². The first-order valence-electron chi connectivity index (χ1n) is 9.37. The first-order chi connectivity index (χ1) is 11.7. The molecule has 24 heavy (non-hydrogen) atoms. The summed E-state index contributed by atoms with van der Waals surface area (Å²) < 4.78 is 5.64. The van der Waals surface area contributed by atoms with E-state index in [1.807, 2.05) is 6.92 Å². The standard InChI is InChI=1S/C19H29N3O2/c1-15-18(21-10-9-20-15)8-7-17-14-24-12-11-22(17)19(23)13-16-5-3-2-4-6-16/h9-10,16-17H,2-8,11-14H2,1H3/t17-/m0/s1. The van der Waals surface area contributed by atoms with E-state index in [1.165, 1.54) is 32.1 Å². The minimum absolute atomic E-state index is 0.177. The van der Waals surface area contributed by atoms with Gasteiger partial charge in [0.15, 0.2) is 0 Å². The van der Waals surface area contributed by atoms with Crippen molar-refractivity contribution in [3.63, 3.8) is 0 Å². The average molecular weight is 331 g/mol. The zero-order valence-electron chi connectivity index (χ0n) is 14.7. The van der Waals surface area contributed by atoms with E-state index < -0.39 is 0 Å². The molecule has 2 aliphatic rings. The number of rotatable bonds is 5. The SMILES string of the molecule is Cc1nccnc1CC[C@H]1COCCN1C(=O)CC1CCCCC1. The number of morpholine rings is 1.